The van der Waals surface area contributed by atoms with Crippen LogP contribution < -0.4 is 0 Å². The van der Waals surface area contributed by atoms with Crippen LogP contribution in [0.2, 0.25) is 0 Å². The zero-order chi connectivity index (χ0) is 25.9. The molecule has 7 heteroatoms. The molecule has 180 valence electrons. The fraction of sp³-hybridized carbons (Fsp3) is 0.100. The molecule has 5 rings (SSSR count). The quantitative estimate of drug-likeness (QED) is 0.289. The molecule has 37 heavy (non-hydrogen) atoms. The van der Waals surface area contributed by atoms with E-state index in [1.807, 2.05) is 66.7 Å². The molecule has 0 saturated carbocycles. The number of ether oxygens (including phenoxy) is 1. The Hall–Kier alpha value is -4.78. The topological polar surface area (TPSA) is 87.8 Å². The first kappa shape index (κ1) is 23.9. The van der Waals surface area contributed by atoms with Gasteiger partial charge in [-0.05, 0) is 53.7 Å². The molecule has 3 aromatic rings. The summed E-state index contributed by atoms with van der Waals surface area (Å²) < 4.78 is 11.1. The average molecular weight is 507 g/mol. The third-order valence-electron chi connectivity index (χ3n) is 6.21. The molecule has 2 aromatic carbocycles. The Bertz CT molecular complexity index is 1610. The van der Waals surface area contributed by atoms with Gasteiger partial charge in [0.1, 0.15) is 23.2 Å². The average Bonchev–Trinajstić information content (AvgIpc) is 3.41. The first-order valence-corrected chi connectivity index (χ1v) is 11.9. The molecule has 2 aliphatic rings. The SMILES string of the molecule is [C-]#[N+]c1c(O)oc(/C=C2\CCCC(/C=C3\OC(=O)C(C#N)=C3c3ccccc3)=C2Cl)c1-c1ccccc1. The molecule has 1 aromatic heterocycles. The van der Waals surface area contributed by atoms with Crippen molar-refractivity contribution in [3.8, 4) is 23.1 Å². The Kier molecular flexibility index (Phi) is 6.51. The number of halogens is 1. The van der Waals surface area contributed by atoms with Crippen molar-refractivity contribution in [1.82, 2.24) is 0 Å². The van der Waals surface area contributed by atoms with Gasteiger partial charge < -0.3 is 14.3 Å². The number of aromatic hydroxyl groups is 1. The number of furan rings is 1. The van der Waals surface area contributed by atoms with Crippen molar-refractivity contribution in [3.05, 3.63) is 117 Å². The molecule has 0 spiro atoms. The first-order valence-electron chi connectivity index (χ1n) is 11.5. The molecule has 0 atom stereocenters. The fourth-order valence-electron chi connectivity index (χ4n) is 4.52. The van der Waals surface area contributed by atoms with Gasteiger partial charge in [-0.2, -0.15) is 5.26 Å². The van der Waals surface area contributed by atoms with E-state index < -0.39 is 11.9 Å². The smallest absolute Gasteiger partial charge is 0.355 e. The van der Waals surface area contributed by atoms with Crippen molar-refractivity contribution in [2.24, 2.45) is 0 Å². The van der Waals surface area contributed by atoms with Gasteiger partial charge in [-0.1, -0.05) is 72.3 Å². The number of carbonyl (C=O) groups excluding carboxylic acids is 1. The number of nitriles is 1. The number of allylic oxidation sites excluding steroid dienone is 5. The number of esters is 1. The molecule has 0 bridgehead atoms. The maximum atomic E-state index is 12.4. The molecule has 1 aliphatic carbocycles. The predicted molar refractivity (Wildman–Crippen MR) is 140 cm³/mol. The molecule has 1 aliphatic heterocycles. The van der Waals surface area contributed by atoms with Crippen molar-refractivity contribution in [2.75, 3.05) is 0 Å². The van der Waals surface area contributed by atoms with Crippen LogP contribution in [0.15, 0.2) is 98.7 Å². The number of nitrogens with zero attached hydrogens (tertiary/aromatic N) is 2. The van der Waals surface area contributed by atoms with E-state index in [0.717, 1.165) is 23.1 Å². The lowest BCUT2D eigenvalue weighted by atomic mass is 9.91. The number of hydrogen-bond donors (Lipinski definition) is 1. The predicted octanol–water partition coefficient (Wildman–Crippen LogP) is 7.68. The zero-order valence-corrected chi connectivity index (χ0v) is 20.2. The summed E-state index contributed by atoms with van der Waals surface area (Å²) in [6.45, 7) is 7.52. The highest BCUT2D eigenvalue weighted by Crippen LogP contribution is 2.46. The maximum Gasteiger partial charge on any atom is 0.355 e. The Balaban J connectivity index is 1.60. The van der Waals surface area contributed by atoms with Gasteiger partial charge in [0.2, 0.25) is 0 Å². The Morgan fingerprint density at radius 3 is 2.35 bits per heavy atom. The van der Waals surface area contributed by atoms with Crippen LogP contribution in [-0.4, -0.2) is 11.1 Å². The van der Waals surface area contributed by atoms with Gasteiger partial charge in [0.25, 0.3) is 11.6 Å². The lowest BCUT2D eigenvalue weighted by Gasteiger charge is -2.18. The number of cyclic esters (lactones) is 1. The van der Waals surface area contributed by atoms with Crippen molar-refractivity contribution in [2.45, 2.75) is 19.3 Å². The second kappa shape index (κ2) is 10.1. The second-order valence-corrected chi connectivity index (χ2v) is 8.84. The minimum Gasteiger partial charge on any atom is -0.489 e. The number of hydrogen-bond acceptors (Lipinski definition) is 5. The van der Waals surface area contributed by atoms with E-state index in [4.69, 9.17) is 27.3 Å². The van der Waals surface area contributed by atoms with Crippen LogP contribution >= 0.6 is 11.6 Å². The highest BCUT2D eigenvalue weighted by Gasteiger charge is 2.32. The van der Waals surface area contributed by atoms with Crippen LogP contribution in [0.3, 0.4) is 0 Å². The Morgan fingerprint density at radius 2 is 1.70 bits per heavy atom. The van der Waals surface area contributed by atoms with Crippen molar-refractivity contribution in [3.63, 3.8) is 0 Å². The third-order valence-corrected chi connectivity index (χ3v) is 6.70. The maximum absolute atomic E-state index is 12.4. The molecule has 0 radical (unpaired) electrons. The summed E-state index contributed by atoms with van der Waals surface area (Å²) in [5.41, 5.74) is 3.86. The molecular weight excluding hydrogens is 488 g/mol. The Labute approximate surface area is 218 Å². The molecule has 1 N–H and O–H groups in total. The van der Waals surface area contributed by atoms with E-state index in [1.165, 1.54) is 0 Å². The van der Waals surface area contributed by atoms with Crippen molar-refractivity contribution < 1.29 is 19.1 Å². The molecule has 0 amide bonds. The van der Waals surface area contributed by atoms with Crippen LogP contribution in [0.25, 0.3) is 27.6 Å². The minimum atomic E-state index is -0.693. The van der Waals surface area contributed by atoms with Gasteiger partial charge >= 0.3 is 5.97 Å². The second-order valence-electron chi connectivity index (χ2n) is 8.46. The van der Waals surface area contributed by atoms with E-state index >= 15 is 0 Å². The van der Waals surface area contributed by atoms with Crippen LogP contribution in [0.5, 0.6) is 5.95 Å². The highest BCUT2D eigenvalue weighted by atomic mass is 35.5. The molecular formula is C30H19ClN2O4. The van der Waals surface area contributed by atoms with E-state index in [2.05, 4.69) is 4.85 Å². The molecule has 0 fully saturated rings. The van der Waals surface area contributed by atoms with Gasteiger partial charge in [0.15, 0.2) is 0 Å². The number of rotatable bonds is 4. The van der Waals surface area contributed by atoms with E-state index in [-0.39, 0.29) is 17.0 Å². The number of carbonyl (C=O) groups is 1. The standard InChI is InChI=1S/C30H19ClN2O4/c1-33-28-26(19-11-6-3-7-12-19)24(37-30(28)35)16-21-14-8-13-20(27(21)31)15-23-25(18-9-4-2-5-10-18)22(17-32)29(34)36-23/h2-7,9-12,15-16,35H,8,13-14H2/b21-16+,23-15-. The van der Waals surface area contributed by atoms with Gasteiger partial charge in [0, 0.05) is 16.2 Å². The summed E-state index contributed by atoms with van der Waals surface area (Å²) in [7, 11) is 0. The zero-order valence-electron chi connectivity index (χ0n) is 19.5. The summed E-state index contributed by atoms with van der Waals surface area (Å²) in [6, 6.07) is 20.3. The van der Waals surface area contributed by atoms with Crippen LogP contribution in [-0.2, 0) is 9.53 Å². The summed E-state index contributed by atoms with van der Waals surface area (Å²) >= 11 is 6.84. The van der Waals surface area contributed by atoms with Gasteiger partial charge in [-0.15, -0.1) is 0 Å². The minimum absolute atomic E-state index is 0.0378. The highest BCUT2D eigenvalue weighted by molar-refractivity contribution is 6.33. The van der Waals surface area contributed by atoms with Gasteiger partial charge in [-0.25, -0.2) is 9.64 Å². The largest absolute Gasteiger partial charge is 0.489 e. The summed E-state index contributed by atoms with van der Waals surface area (Å²) in [4.78, 5) is 15.9. The lowest BCUT2D eigenvalue weighted by molar-refractivity contribution is -0.132. The van der Waals surface area contributed by atoms with Crippen LogP contribution in [0.4, 0.5) is 5.69 Å². The summed E-state index contributed by atoms with van der Waals surface area (Å²) in [5, 5.41) is 20.3. The van der Waals surface area contributed by atoms with Crippen molar-refractivity contribution in [1.29, 1.82) is 5.26 Å². The van der Waals surface area contributed by atoms with Crippen molar-refractivity contribution >= 4 is 34.9 Å². The van der Waals surface area contributed by atoms with E-state index in [1.54, 1.807) is 12.2 Å². The third kappa shape index (κ3) is 4.47. The molecule has 0 saturated heterocycles. The fourth-order valence-corrected chi connectivity index (χ4v) is 4.82. The molecule has 0 unspecified atom stereocenters. The van der Waals surface area contributed by atoms with Crippen LogP contribution in [0, 0.1) is 17.9 Å². The van der Waals surface area contributed by atoms with E-state index in [0.29, 0.717) is 40.3 Å². The normalized spacial score (nSPS) is 17.8. The van der Waals surface area contributed by atoms with E-state index in [9.17, 15) is 15.2 Å². The van der Waals surface area contributed by atoms with Gasteiger partial charge in [0.05, 0.1) is 6.57 Å². The molecule has 2 heterocycles. The monoisotopic (exact) mass is 506 g/mol. The van der Waals surface area contributed by atoms with Gasteiger partial charge in [-0.3, -0.25) is 0 Å². The van der Waals surface area contributed by atoms with Crippen LogP contribution in [0.1, 0.15) is 30.6 Å². The summed E-state index contributed by atoms with van der Waals surface area (Å²) in [6.07, 6.45) is 5.52. The Morgan fingerprint density at radius 1 is 1.03 bits per heavy atom. The summed E-state index contributed by atoms with van der Waals surface area (Å²) in [5.74, 6) is -0.529. The number of benzene rings is 2. The molecule has 6 nitrogen and oxygen atoms in total. The lowest BCUT2D eigenvalue weighted by Crippen LogP contribution is -2.00. The first-order chi connectivity index (χ1) is 18.0.